The van der Waals surface area contributed by atoms with E-state index in [2.05, 4.69) is 25.7 Å². The molecule has 0 N–H and O–H groups in total. The number of carbonyl (C=O) groups is 1. The molecule has 76 valence electrons. The lowest BCUT2D eigenvalue weighted by atomic mass is 10.3. The van der Waals surface area contributed by atoms with E-state index < -0.39 is 0 Å². The first-order valence-electron chi connectivity index (χ1n) is 3.92. The fraction of sp³-hybridized carbons (Fsp3) is 0.333. The lowest BCUT2D eigenvalue weighted by molar-refractivity contribution is -0.139. The highest BCUT2D eigenvalue weighted by Crippen LogP contribution is 2.20. The number of methoxy groups -OCH3 is 2. The normalized spacial score (nSPS) is 9.64. The Morgan fingerprint density at radius 3 is 2.79 bits per heavy atom. The Hall–Kier alpha value is -1.10. The Kier molecular flexibility index (Phi) is 3.88. The number of esters is 1. The minimum absolute atomic E-state index is 0.154. The Bertz CT molecular complexity index is 341. The van der Waals surface area contributed by atoms with Crippen molar-refractivity contribution in [2.45, 2.75) is 6.42 Å². The van der Waals surface area contributed by atoms with Gasteiger partial charge in [-0.25, -0.2) is 0 Å². The van der Waals surface area contributed by atoms with Gasteiger partial charge in [0.15, 0.2) is 0 Å². The van der Waals surface area contributed by atoms with Gasteiger partial charge in [0.2, 0.25) is 0 Å². The summed E-state index contributed by atoms with van der Waals surface area (Å²) in [5.74, 6) is 0.328. The van der Waals surface area contributed by atoms with Crippen molar-refractivity contribution in [3.63, 3.8) is 0 Å². The summed E-state index contributed by atoms with van der Waals surface area (Å²) < 4.78 is 10.2. The number of nitrogens with zero attached hydrogens (tertiary/aromatic N) is 1. The minimum atomic E-state index is -0.316. The summed E-state index contributed by atoms with van der Waals surface area (Å²) in [6, 6.07) is 1.76. The van der Waals surface area contributed by atoms with Crippen molar-refractivity contribution in [2.24, 2.45) is 0 Å². The molecular weight excluding hydrogens is 250 g/mol. The van der Waals surface area contributed by atoms with Crippen molar-refractivity contribution in [2.75, 3.05) is 14.2 Å². The number of halogens is 1. The molecular formula is C9H10BrNO3. The Balaban J connectivity index is 2.83. The van der Waals surface area contributed by atoms with E-state index in [1.165, 1.54) is 7.11 Å². The first kappa shape index (κ1) is 11.0. The second-order valence-corrected chi connectivity index (χ2v) is 3.41. The number of ether oxygens (including phenoxy) is 2. The summed E-state index contributed by atoms with van der Waals surface area (Å²) >= 11 is 3.30. The van der Waals surface area contributed by atoms with Gasteiger partial charge in [-0.3, -0.25) is 9.78 Å². The fourth-order valence-electron chi connectivity index (χ4n) is 0.899. The van der Waals surface area contributed by atoms with Crippen LogP contribution in [0.15, 0.2) is 16.7 Å². The SMILES string of the molecule is COC(=O)Cc1ncc(OC)cc1Br. The maximum absolute atomic E-state index is 11.0. The van der Waals surface area contributed by atoms with Crippen molar-refractivity contribution in [3.05, 3.63) is 22.4 Å². The van der Waals surface area contributed by atoms with Gasteiger partial charge in [-0.05, 0) is 22.0 Å². The van der Waals surface area contributed by atoms with Crippen LogP contribution in [0, 0.1) is 0 Å². The monoisotopic (exact) mass is 259 g/mol. The van der Waals surface area contributed by atoms with E-state index in [1.54, 1.807) is 19.4 Å². The van der Waals surface area contributed by atoms with Gasteiger partial charge in [-0.2, -0.15) is 0 Å². The van der Waals surface area contributed by atoms with Crippen molar-refractivity contribution < 1.29 is 14.3 Å². The van der Waals surface area contributed by atoms with Gasteiger partial charge in [0.1, 0.15) is 5.75 Å². The molecule has 0 fully saturated rings. The maximum Gasteiger partial charge on any atom is 0.311 e. The molecule has 0 radical (unpaired) electrons. The predicted molar refractivity (Wildman–Crippen MR) is 54.2 cm³/mol. The third kappa shape index (κ3) is 2.70. The van der Waals surface area contributed by atoms with Crippen LogP contribution >= 0.6 is 15.9 Å². The Morgan fingerprint density at radius 1 is 1.57 bits per heavy atom. The molecule has 0 saturated heterocycles. The van der Waals surface area contributed by atoms with Gasteiger partial charge in [-0.15, -0.1) is 0 Å². The van der Waals surface area contributed by atoms with Crippen LogP contribution < -0.4 is 4.74 Å². The zero-order chi connectivity index (χ0) is 10.6. The molecule has 0 aliphatic carbocycles. The van der Waals surface area contributed by atoms with E-state index in [9.17, 15) is 4.79 Å². The topological polar surface area (TPSA) is 48.4 Å². The summed E-state index contributed by atoms with van der Waals surface area (Å²) in [5.41, 5.74) is 0.637. The number of rotatable bonds is 3. The minimum Gasteiger partial charge on any atom is -0.495 e. The van der Waals surface area contributed by atoms with Crippen molar-refractivity contribution >= 4 is 21.9 Å². The quantitative estimate of drug-likeness (QED) is 0.774. The molecule has 0 aromatic carbocycles. The second-order valence-electron chi connectivity index (χ2n) is 2.56. The van der Waals surface area contributed by atoms with Crippen LogP contribution in [0.5, 0.6) is 5.75 Å². The largest absolute Gasteiger partial charge is 0.495 e. The van der Waals surface area contributed by atoms with E-state index in [-0.39, 0.29) is 12.4 Å². The highest BCUT2D eigenvalue weighted by molar-refractivity contribution is 9.10. The third-order valence-electron chi connectivity index (χ3n) is 1.67. The van der Waals surface area contributed by atoms with E-state index in [0.717, 1.165) is 4.47 Å². The van der Waals surface area contributed by atoms with Gasteiger partial charge >= 0.3 is 5.97 Å². The third-order valence-corrected chi connectivity index (χ3v) is 2.35. The molecule has 1 aromatic heterocycles. The second kappa shape index (κ2) is 4.95. The zero-order valence-corrected chi connectivity index (χ0v) is 9.50. The Morgan fingerprint density at radius 2 is 2.29 bits per heavy atom. The summed E-state index contributed by atoms with van der Waals surface area (Å²) in [6.45, 7) is 0. The predicted octanol–water partition coefficient (Wildman–Crippen LogP) is 1.57. The molecule has 0 amide bonds. The summed E-state index contributed by atoms with van der Waals surface area (Å²) in [6.07, 6.45) is 1.71. The van der Waals surface area contributed by atoms with Crippen molar-refractivity contribution in [1.29, 1.82) is 0 Å². The molecule has 0 aliphatic rings. The van der Waals surface area contributed by atoms with Gasteiger partial charge < -0.3 is 9.47 Å². The van der Waals surface area contributed by atoms with Crippen molar-refractivity contribution in [3.8, 4) is 5.75 Å². The van der Waals surface area contributed by atoms with Gasteiger partial charge in [-0.1, -0.05) is 0 Å². The molecule has 1 rings (SSSR count). The zero-order valence-electron chi connectivity index (χ0n) is 7.91. The highest BCUT2D eigenvalue weighted by atomic mass is 79.9. The molecule has 5 heteroatoms. The smallest absolute Gasteiger partial charge is 0.311 e. The number of aromatic nitrogens is 1. The van der Waals surface area contributed by atoms with Crippen LogP contribution in [-0.2, 0) is 16.0 Å². The molecule has 14 heavy (non-hydrogen) atoms. The molecule has 0 bridgehead atoms. The molecule has 4 nitrogen and oxygen atoms in total. The summed E-state index contributed by atoms with van der Waals surface area (Å²) in [4.78, 5) is 15.0. The van der Waals surface area contributed by atoms with E-state index in [4.69, 9.17) is 4.74 Å². The molecule has 1 heterocycles. The lowest BCUT2D eigenvalue weighted by Crippen LogP contribution is -2.06. The van der Waals surface area contributed by atoms with Gasteiger partial charge in [0.25, 0.3) is 0 Å². The average Bonchev–Trinajstić information content (AvgIpc) is 2.20. The van der Waals surface area contributed by atoms with Crippen molar-refractivity contribution in [1.82, 2.24) is 4.98 Å². The van der Waals surface area contributed by atoms with E-state index in [1.807, 2.05) is 0 Å². The van der Waals surface area contributed by atoms with Crippen LogP contribution in [0.25, 0.3) is 0 Å². The molecule has 1 aromatic rings. The molecule has 0 aliphatic heterocycles. The van der Waals surface area contributed by atoms with Crippen LogP contribution in [-0.4, -0.2) is 25.2 Å². The van der Waals surface area contributed by atoms with Crippen LogP contribution in [0.1, 0.15) is 5.69 Å². The van der Waals surface area contributed by atoms with E-state index in [0.29, 0.717) is 11.4 Å². The maximum atomic E-state index is 11.0. The number of hydrogen-bond acceptors (Lipinski definition) is 4. The standard InChI is InChI=1S/C9H10BrNO3/c1-13-6-3-7(10)8(11-5-6)4-9(12)14-2/h3,5H,4H2,1-2H3. The fourth-order valence-corrected chi connectivity index (χ4v) is 1.37. The Labute approximate surface area is 90.4 Å². The van der Waals surface area contributed by atoms with Crippen LogP contribution in [0.3, 0.4) is 0 Å². The number of hydrogen-bond donors (Lipinski definition) is 0. The first-order valence-corrected chi connectivity index (χ1v) is 4.72. The first-order chi connectivity index (χ1) is 6.67. The van der Waals surface area contributed by atoms with Gasteiger partial charge in [0, 0.05) is 4.47 Å². The molecule has 0 atom stereocenters. The van der Waals surface area contributed by atoms with Crippen LogP contribution in [0.4, 0.5) is 0 Å². The summed E-state index contributed by atoms with van der Waals surface area (Å²) in [5, 5.41) is 0. The molecule has 0 saturated carbocycles. The number of carbonyl (C=O) groups excluding carboxylic acids is 1. The van der Waals surface area contributed by atoms with E-state index >= 15 is 0 Å². The van der Waals surface area contributed by atoms with Gasteiger partial charge in [0.05, 0.1) is 32.5 Å². The highest BCUT2D eigenvalue weighted by Gasteiger charge is 2.08. The molecule has 0 unspecified atom stereocenters. The average molecular weight is 260 g/mol. The van der Waals surface area contributed by atoms with Crippen LogP contribution in [0.2, 0.25) is 0 Å². The molecule has 0 spiro atoms. The summed E-state index contributed by atoms with van der Waals surface area (Å²) in [7, 11) is 2.91. The number of pyridine rings is 1. The lowest BCUT2D eigenvalue weighted by Gasteiger charge is -2.04.